The Balaban J connectivity index is 1.62. The number of benzene rings is 1. The quantitative estimate of drug-likeness (QED) is 0.634. The molecule has 1 saturated carbocycles. The first kappa shape index (κ1) is 23.7. The van der Waals surface area contributed by atoms with Crippen molar-refractivity contribution in [3.05, 3.63) is 29.8 Å². The van der Waals surface area contributed by atoms with Gasteiger partial charge >= 0.3 is 5.97 Å². The highest BCUT2D eigenvalue weighted by Gasteiger charge is 2.44. The molecule has 0 bridgehead atoms. The number of nitrogens with zero attached hydrogens (tertiary/aromatic N) is 1. The smallest absolute Gasteiger partial charge is 0.325 e. The summed E-state index contributed by atoms with van der Waals surface area (Å²) < 4.78 is 32.1. The Bertz CT molecular complexity index is 901. The van der Waals surface area contributed by atoms with Crippen molar-refractivity contribution in [3.8, 4) is 0 Å². The molecule has 1 aliphatic carbocycles. The SMILES string of the molecule is Cc1ccc(S(=O)(=O)N2CC(O)C[C@H]2C(=O)OCC(=O)NC2CCCC(C)C2C)cc1. The first-order valence-corrected chi connectivity index (χ1v) is 12.3. The molecule has 0 radical (unpaired) electrons. The lowest BCUT2D eigenvalue weighted by molar-refractivity contribution is -0.152. The first-order valence-electron chi connectivity index (χ1n) is 10.8. The monoisotopic (exact) mass is 452 g/mol. The minimum atomic E-state index is -3.99. The Labute approximate surface area is 184 Å². The van der Waals surface area contributed by atoms with E-state index < -0.39 is 40.7 Å². The summed E-state index contributed by atoms with van der Waals surface area (Å²) in [6.45, 7) is 5.45. The highest BCUT2D eigenvalue weighted by Crippen LogP contribution is 2.30. The van der Waals surface area contributed by atoms with Gasteiger partial charge in [0.05, 0.1) is 11.0 Å². The van der Waals surface area contributed by atoms with E-state index in [0.29, 0.717) is 11.8 Å². The van der Waals surface area contributed by atoms with Crippen molar-refractivity contribution in [2.24, 2.45) is 11.8 Å². The summed E-state index contributed by atoms with van der Waals surface area (Å²) in [4.78, 5) is 25.0. The van der Waals surface area contributed by atoms with Crippen molar-refractivity contribution in [1.29, 1.82) is 0 Å². The lowest BCUT2D eigenvalue weighted by Crippen LogP contribution is -2.46. The molecule has 0 aromatic heterocycles. The number of aliphatic hydroxyl groups excluding tert-OH is 1. The van der Waals surface area contributed by atoms with Crippen molar-refractivity contribution < 1.29 is 27.9 Å². The minimum Gasteiger partial charge on any atom is -0.454 e. The predicted octanol–water partition coefficient (Wildman–Crippen LogP) is 1.60. The van der Waals surface area contributed by atoms with E-state index in [2.05, 4.69) is 19.2 Å². The fourth-order valence-corrected chi connectivity index (χ4v) is 6.00. The maximum absolute atomic E-state index is 13.0. The molecule has 1 aromatic carbocycles. The van der Waals surface area contributed by atoms with Gasteiger partial charge in [-0.15, -0.1) is 0 Å². The maximum Gasteiger partial charge on any atom is 0.325 e. The third kappa shape index (κ3) is 5.45. The molecular weight excluding hydrogens is 420 g/mol. The molecule has 8 nitrogen and oxygen atoms in total. The molecular formula is C22H32N2O6S. The highest BCUT2D eigenvalue weighted by atomic mass is 32.2. The van der Waals surface area contributed by atoms with E-state index in [1.54, 1.807) is 12.1 Å². The zero-order valence-corrected chi connectivity index (χ0v) is 19.1. The Kier molecular flexibility index (Phi) is 7.39. The summed E-state index contributed by atoms with van der Waals surface area (Å²) >= 11 is 0. The van der Waals surface area contributed by atoms with Gasteiger partial charge in [0.15, 0.2) is 6.61 Å². The van der Waals surface area contributed by atoms with Gasteiger partial charge < -0.3 is 15.2 Å². The second-order valence-corrected chi connectivity index (χ2v) is 10.7. The molecule has 31 heavy (non-hydrogen) atoms. The number of ether oxygens (including phenoxy) is 1. The van der Waals surface area contributed by atoms with Gasteiger partial charge in [-0.25, -0.2) is 8.42 Å². The largest absolute Gasteiger partial charge is 0.454 e. The number of aryl methyl sites for hydroxylation is 1. The number of hydrogen-bond donors (Lipinski definition) is 2. The van der Waals surface area contributed by atoms with Crippen LogP contribution in [-0.2, 0) is 24.3 Å². The van der Waals surface area contributed by atoms with Crippen molar-refractivity contribution in [1.82, 2.24) is 9.62 Å². The molecule has 4 unspecified atom stereocenters. The molecule has 1 aromatic rings. The van der Waals surface area contributed by atoms with Crippen molar-refractivity contribution in [2.45, 2.75) is 69.5 Å². The van der Waals surface area contributed by atoms with E-state index in [1.807, 2.05) is 6.92 Å². The van der Waals surface area contributed by atoms with Crippen LogP contribution in [0.3, 0.4) is 0 Å². The van der Waals surface area contributed by atoms with E-state index in [-0.39, 0.29) is 23.9 Å². The number of sulfonamides is 1. The molecule has 2 aliphatic rings. The van der Waals surface area contributed by atoms with Crippen LogP contribution in [0.25, 0.3) is 0 Å². The van der Waals surface area contributed by atoms with Gasteiger partial charge in [0, 0.05) is 19.0 Å². The van der Waals surface area contributed by atoms with E-state index in [9.17, 15) is 23.1 Å². The highest BCUT2D eigenvalue weighted by molar-refractivity contribution is 7.89. The summed E-state index contributed by atoms with van der Waals surface area (Å²) in [5.41, 5.74) is 0.907. The number of nitrogens with one attached hydrogen (secondary N) is 1. The molecule has 2 fully saturated rings. The number of esters is 1. The van der Waals surface area contributed by atoms with E-state index in [0.717, 1.165) is 29.1 Å². The number of aliphatic hydroxyl groups is 1. The molecule has 1 amide bonds. The average molecular weight is 453 g/mol. The molecule has 172 valence electrons. The molecule has 9 heteroatoms. The number of amides is 1. The maximum atomic E-state index is 13.0. The minimum absolute atomic E-state index is 0.0432. The summed E-state index contributed by atoms with van der Waals surface area (Å²) in [6, 6.07) is 5.16. The molecule has 3 rings (SSSR count). The van der Waals surface area contributed by atoms with Gasteiger partial charge in [-0.05, 0) is 37.3 Å². The van der Waals surface area contributed by atoms with Crippen molar-refractivity contribution >= 4 is 21.9 Å². The lowest BCUT2D eigenvalue weighted by Gasteiger charge is -2.34. The third-order valence-electron chi connectivity index (χ3n) is 6.53. The Morgan fingerprint density at radius 3 is 2.55 bits per heavy atom. The summed E-state index contributed by atoms with van der Waals surface area (Å²) in [7, 11) is -3.99. The number of carbonyl (C=O) groups excluding carboxylic acids is 2. The second-order valence-electron chi connectivity index (χ2n) is 8.84. The van der Waals surface area contributed by atoms with Crippen LogP contribution in [0.15, 0.2) is 29.2 Å². The fourth-order valence-electron chi connectivity index (χ4n) is 4.38. The topological polar surface area (TPSA) is 113 Å². The Morgan fingerprint density at radius 2 is 1.87 bits per heavy atom. The van der Waals surface area contributed by atoms with Gasteiger partial charge in [0.25, 0.3) is 5.91 Å². The number of carbonyl (C=O) groups is 2. The van der Waals surface area contributed by atoms with E-state index in [1.165, 1.54) is 12.1 Å². The Hall–Kier alpha value is -1.97. The molecule has 2 N–H and O–H groups in total. The fraction of sp³-hybridized carbons (Fsp3) is 0.636. The standard InChI is InChI=1S/C22H32N2O6S/c1-14-7-9-18(10-8-14)31(28,29)24-12-17(25)11-20(24)22(27)30-13-21(26)23-19-6-4-5-15(2)16(19)3/h7-10,15-17,19-20,25H,4-6,11-13H2,1-3H3,(H,23,26)/t15?,16?,17?,19?,20-/m0/s1. The van der Waals surface area contributed by atoms with Crippen LogP contribution in [0.5, 0.6) is 0 Å². The van der Waals surface area contributed by atoms with Gasteiger partial charge in [0.2, 0.25) is 10.0 Å². The van der Waals surface area contributed by atoms with Gasteiger partial charge in [0.1, 0.15) is 6.04 Å². The molecule has 0 spiro atoms. The number of β-amino-alcohol motifs (C(OH)–C–C–N with tert-alkyl or cyclic N) is 1. The predicted molar refractivity (Wildman–Crippen MR) is 115 cm³/mol. The van der Waals surface area contributed by atoms with Gasteiger partial charge in [-0.1, -0.05) is 44.4 Å². The summed E-state index contributed by atoms with van der Waals surface area (Å²) in [5.74, 6) is -0.367. The molecule has 1 heterocycles. The van der Waals surface area contributed by atoms with Crippen LogP contribution in [0.2, 0.25) is 0 Å². The summed E-state index contributed by atoms with van der Waals surface area (Å²) in [5, 5.41) is 13.0. The van der Waals surface area contributed by atoms with Gasteiger partial charge in [-0.2, -0.15) is 4.31 Å². The van der Waals surface area contributed by atoms with Crippen LogP contribution >= 0.6 is 0 Å². The van der Waals surface area contributed by atoms with Crippen LogP contribution < -0.4 is 5.32 Å². The zero-order valence-electron chi connectivity index (χ0n) is 18.3. The molecule has 5 atom stereocenters. The van der Waals surface area contributed by atoms with Crippen LogP contribution in [0.1, 0.15) is 45.1 Å². The molecule has 1 aliphatic heterocycles. The number of hydrogen-bond acceptors (Lipinski definition) is 6. The third-order valence-corrected chi connectivity index (χ3v) is 8.42. The normalized spacial score (nSPS) is 29.5. The van der Waals surface area contributed by atoms with Gasteiger partial charge in [-0.3, -0.25) is 9.59 Å². The lowest BCUT2D eigenvalue weighted by atomic mass is 9.78. The summed E-state index contributed by atoms with van der Waals surface area (Å²) in [6.07, 6.45) is 2.03. The van der Waals surface area contributed by atoms with Crippen LogP contribution in [-0.4, -0.2) is 61.0 Å². The zero-order chi connectivity index (χ0) is 22.8. The van der Waals surface area contributed by atoms with Crippen LogP contribution in [0, 0.1) is 18.8 Å². The number of rotatable bonds is 6. The van der Waals surface area contributed by atoms with E-state index >= 15 is 0 Å². The average Bonchev–Trinajstić information content (AvgIpc) is 3.13. The second kappa shape index (κ2) is 9.67. The van der Waals surface area contributed by atoms with Crippen molar-refractivity contribution in [3.63, 3.8) is 0 Å². The van der Waals surface area contributed by atoms with E-state index in [4.69, 9.17) is 4.74 Å². The molecule has 1 saturated heterocycles. The Morgan fingerprint density at radius 1 is 1.19 bits per heavy atom. The van der Waals surface area contributed by atoms with Crippen LogP contribution in [0.4, 0.5) is 0 Å². The van der Waals surface area contributed by atoms with Crippen molar-refractivity contribution in [2.75, 3.05) is 13.2 Å². The first-order chi connectivity index (χ1) is 14.6.